The maximum absolute atomic E-state index is 12.5. The van der Waals surface area contributed by atoms with Gasteiger partial charge in [-0.2, -0.15) is 5.26 Å². The topological polar surface area (TPSA) is 56.1 Å². The van der Waals surface area contributed by atoms with Crippen LogP contribution in [0.25, 0.3) is 0 Å². The van der Waals surface area contributed by atoms with E-state index in [4.69, 9.17) is 5.26 Å². The fourth-order valence-corrected chi connectivity index (χ4v) is 2.49. The van der Waals surface area contributed by atoms with Crippen molar-refractivity contribution in [1.82, 2.24) is 0 Å². The molecule has 1 N–H and O–H groups in total. The molecule has 2 aromatic rings. The Bertz CT molecular complexity index is 729. The summed E-state index contributed by atoms with van der Waals surface area (Å²) >= 11 is 0. The minimum atomic E-state index is -0.0591. The maximum Gasteiger partial charge on any atom is 0.258 e. The van der Waals surface area contributed by atoms with Crippen LogP contribution in [0.2, 0.25) is 0 Å². The van der Waals surface area contributed by atoms with E-state index in [9.17, 15) is 4.79 Å². The third-order valence-electron chi connectivity index (χ3n) is 3.75. The highest BCUT2D eigenvalue weighted by atomic mass is 16.2. The molecule has 4 nitrogen and oxygen atoms in total. The Morgan fingerprint density at radius 3 is 2.71 bits per heavy atom. The van der Waals surface area contributed by atoms with E-state index in [1.54, 1.807) is 36.2 Å². The first kappa shape index (κ1) is 13.2. The minimum absolute atomic E-state index is 0.0591. The van der Waals surface area contributed by atoms with E-state index in [-0.39, 0.29) is 5.91 Å². The van der Waals surface area contributed by atoms with Gasteiger partial charge >= 0.3 is 0 Å². The van der Waals surface area contributed by atoms with Gasteiger partial charge in [0.1, 0.15) is 0 Å². The summed E-state index contributed by atoms with van der Waals surface area (Å²) in [6.07, 6.45) is 1.01. The smallest absolute Gasteiger partial charge is 0.258 e. The Hall–Kier alpha value is -2.80. The molecule has 0 radical (unpaired) electrons. The van der Waals surface area contributed by atoms with Gasteiger partial charge in [0.2, 0.25) is 0 Å². The molecule has 0 aliphatic carbocycles. The van der Waals surface area contributed by atoms with Crippen molar-refractivity contribution in [2.45, 2.75) is 6.42 Å². The summed E-state index contributed by atoms with van der Waals surface area (Å²) in [5.41, 5.74) is 4.32. The molecule has 1 amide bonds. The molecule has 21 heavy (non-hydrogen) atoms. The molecule has 1 aliphatic rings. The van der Waals surface area contributed by atoms with Gasteiger partial charge in [0.25, 0.3) is 5.91 Å². The number of anilines is 2. The number of rotatable bonds is 2. The molecular weight excluding hydrogens is 262 g/mol. The molecule has 4 heteroatoms. The van der Waals surface area contributed by atoms with E-state index in [2.05, 4.69) is 11.4 Å². The first-order valence-corrected chi connectivity index (χ1v) is 6.84. The molecule has 0 atom stereocenters. The van der Waals surface area contributed by atoms with Gasteiger partial charge < -0.3 is 10.2 Å². The normalized spacial score (nSPS) is 12.2. The highest BCUT2D eigenvalue weighted by Crippen LogP contribution is 2.24. The van der Waals surface area contributed by atoms with E-state index >= 15 is 0 Å². The number of benzene rings is 2. The molecule has 0 spiro atoms. The van der Waals surface area contributed by atoms with E-state index in [1.165, 1.54) is 5.56 Å². The number of carbonyl (C=O) groups is 1. The van der Waals surface area contributed by atoms with Crippen molar-refractivity contribution in [2.24, 2.45) is 0 Å². The monoisotopic (exact) mass is 277 g/mol. The van der Waals surface area contributed by atoms with Crippen molar-refractivity contribution < 1.29 is 4.79 Å². The number of fused-ring (bicyclic) bond motifs is 1. The van der Waals surface area contributed by atoms with Crippen LogP contribution < -0.4 is 10.2 Å². The van der Waals surface area contributed by atoms with Gasteiger partial charge in [0.05, 0.1) is 11.6 Å². The Morgan fingerprint density at radius 1 is 1.24 bits per heavy atom. The Kier molecular flexibility index (Phi) is 3.33. The zero-order valence-corrected chi connectivity index (χ0v) is 11.8. The van der Waals surface area contributed by atoms with Gasteiger partial charge in [-0.15, -0.1) is 0 Å². The Morgan fingerprint density at radius 2 is 2.00 bits per heavy atom. The van der Waals surface area contributed by atoms with Gasteiger partial charge in [-0.1, -0.05) is 6.07 Å². The van der Waals surface area contributed by atoms with Gasteiger partial charge in [0, 0.05) is 30.5 Å². The summed E-state index contributed by atoms with van der Waals surface area (Å²) in [6.45, 7) is 0.929. The summed E-state index contributed by atoms with van der Waals surface area (Å²) in [5.74, 6) is -0.0591. The lowest BCUT2D eigenvalue weighted by atomic mass is 10.1. The first-order chi connectivity index (χ1) is 10.2. The van der Waals surface area contributed by atoms with Crippen LogP contribution in [-0.2, 0) is 6.42 Å². The number of hydrogen-bond donors (Lipinski definition) is 1. The average molecular weight is 277 g/mol. The number of nitrogens with zero attached hydrogens (tertiary/aromatic N) is 2. The lowest BCUT2D eigenvalue weighted by Gasteiger charge is -2.18. The van der Waals surface area contributed by atoms with Crippen LogP contribution in [0.15, 0.2) is 42.5 Å². The van der Waals surface area contributed by atoms with Crippen molar-refractivity contribution in [3.05, 3.63) is 59.2 Å². The molecule has 0 saturated carbocycles. The number of carbonyl (C=O) groups excluding carboxylic acids is 1. The van der Waals surface area contributed by atoms with E-state index < -0.39 is 0 Å². The molecule has 1 heterocycles. The predicted octanol–water partition coefficient (Wildman–Crippen LogP) is 2.80. The summed E-state index contributed by atoms with van der Waals surface area (Å²) in [5, 5.41) is 12.1. The zero-order chi connectivity index (χ0) is 14.8. The van der Waals surface area contributed by atoms with Crippen LogP contribution in [-0.4, -0.2) is 19.5 Å². The van der Waals surface area contributed by atoms with Crippen LogP contribution in [0.3, 0.4) is 0 Å². The number of nitriles is 1. The minimum Gasteiger partial charge on any atom is -0.384 e. The second kappa shape index (κ2) is 5.29. The van der Waals surface area contributed by atoms with Crippen LogP contribution in [0.4, 0.5) is 11.4 Å². The molecule has 1 aliphatic heterocycles. The zero-order valence-electron chi connectivity index (χ0n) is 11.8. The van der Waals surface area contributed by atoms with Crippen molar-refractivity contribution in [2.75, 3.05) is 23.8 Å². The maximum atomic E-state index is 12.5. The SMILES string of the molecule is CN(C(=O)c1ccc2c(c1)NCC2)c1ccc(C#N)cc1. The first-order valence-electron chi connectivity index (χ1n) is 6.84. The number of amides is 1. The Labute approximate surface area is 123 Å². The summed E-state index contributed by atoms with van der Waals surface area (Å²) in [4.78, 5) is 14.1. The number of nitrogens with one attached hydrogen (secondary N) is 1. The van der Waals surface area contributed by atoms with Crippen molar-refractivity contribution in [3.8, 4) is 6.07 Å². The molecule has 2 aromatic carbocycles. The van der Waals surface area contributed by atoms with Crippen LogP contribution >= 0.6 is 0 Å². The second-order valence-electron chi connectivity index (χ2n) is 5.07. The summed E-state index contributed by atoms with van der Waals surface area (Å²) < 4.78 is 0. The molecule has 0 aromatic heterocycles. The lowest BCUT2D eigenvalue weighted by Crippen LogP contribution is -2.26. The third-order valence-corrected chi connectivity index (χ3v) is 3.75. The molecule has 104 valence electrons. The standard InChI is InChI=1S/C17H15N3O/c1-20(15-6-2-12(11-18)3-7-15)17(21)14-5-4-13-8-9-19-16(13)10-14/h2-7,10,19H,8-9H2,1H3. The third kappa shape index (κ3) is 2.46. The van der Waals surface area contributed by atoms with E-state index in [0.717, 1.165) is 24.3 Å². The Balaban J connectivity index is 1.85. The largest absolute Gasteiger partial charge is 0.384 e. The highest BCUT2D eigenvalue weighted by Gasteiger charge is 2.17. The highest BCUT2D eigenvalue weighted by molar-refractivity contribution is 6.06. The van der Waals surface area contributed by atoms with Crippen molar-refractivity contribution in [3.63, 3.8) is 0 Å². The molecule has 0 bridgehead atoms. The summed E-state index contributed by atoms with van der Waals surface area (Å²) in [6, 6.07) is 14.8. The number of hydrogen-bond acceptors (Lipinski definition) is 3. The van der Waals surface area contributed by atoms with E-state index in [1.807, 2.05) is 18.2 Å². The van der Waals surface area contributed by atoms with Gasteiger partial charge in [-0.3, -0.25) is 4.79 Å². The van der Waals surface area contributed by atoms with Crippen LogP contribution in [0, 0.1) is 11.3 Å². The average Bonchev–Trinajstić information content (AvgIpc) is 3.01. The van der Waals surface area contributed by atoms with E-state index in [0.29, 0.717) is 11.1 Å². The molecule has 0 saturated heterocycles. The molecule has 0 unspecified atom stereocenters. The predicted molar refractivity (Wildman–Crippen MR) is 82.5 cm³/mol. The van der Waals surface area contributed by atoms with Gasteiger partial charge in [-0.05, 0) is 48.4 Å². The van der Waals surface area contributed by atoms with Gasteiger partial charge in [-0.25, -0.2) is 0 Å². The van der Waals surface area contributed by atoms with Crippen LogP contribution in [0.1, 0.15) is 21.5 Å². The quantitative estimate of drug-likeness (QED) is 0.918. The summed E-state index contributed by atoms with van der Waals surface area (Å²) in [7, 11) is 1.74. The molecular formula is C17H15N3O. The molecule has 0 fully saturated rings. The van der Waals surface area contributed by atoms with Gasteiger partial charge in [0.15, 0.2) is 0 Å². The van der Waals surface area contributed by atoms with Crippen LogP contribution in [0.5, 0.6) is 0 Å². The van der Waals surface area contributed by atoms with Crippen molar-refractivity contribution in [1.29, 1.82) is 5.26 Å². The van der Waals surface area contributed by atoms with Crippen molar-refractivity contribution >= 4 is 17.3 Å². The molecule has 3 rings (SSSR count). The fourth-order valence-electron chi connectivity index (χ4n) is 2.49. The fraction of sp³-hybridized carbons (Fsp3) is 0.176. The second-order valence-corrected chi connectivity index (χ2v) is 5.07. The lowest BCUT2D eigenvalue weighted by molar-refractivity contribution is 0.0993.